The van der Waals surface area contributed by atoms with Crippen LogP contribution in [0.15, 0.2) is 36.1 Å². The van der Waals surface area contributed by atoms with Crippen LogP contribution in [0.5, 0.6) is 0 Å². The molecule has 2 rings (SSSR count). The number of anilines is 1. The summed E-state index contributed by atoms with van der Waals surface area (Å²) in [7, 11) is 0. The maximum absolute atomic E-state index is 10.5. The molecule has 0 saturated heterocycles. The van der Waals surface area contributed by atoms with Crippen LogP contribution in [0.3, 0.4) is 0 Å². The molecule has 4 nitrogen and oxygen atoms in total. The number of halogens is 1. The summed E-state index contributed by atoms with van der Waals surface area (Å²) in [5.41, 5.74) is 0.830. The van der Waals surface area contributed by atoms with E-state index >= 15 is 0 Å². The van der Waals surface area contributed by atoms with E-state index in [4.69, 9.17) is 16.4 Å². The number of hydroxylamine groups is 1. The van der Waals surface area contributed by atoms with E-state index in [9.17, 15) is 4.79 Å². The summed E-state index contributed by atoms with van der Waals surface area (Å²) in [5, 5.41) is 4.92. The first kappa shape index (κ1) is 10.8. The molecule has 0 aliphatic carbocycles. The zero-order valence-corrected chi connectivity index (χ0v) is 9.44. The lowest BCUT2D eigenvalue weighted by Crippen LogP contribution is -2.40. The number of carbonyl (C=O) groups is 1. The van der Waals surface area contributed by atoms with Gasteiger partial charge in [-0.1, -0.05) is 11.6 Å². The molecule has 1 aliphatic rings. The van der Waals surface area contributed by atoms with Gasteiger partial charge in [-0.3, -0.25) is 4.79 Å². The number of rotatable bonds is 3. The molecule has 1 unspecified atom stereocenters. The molecule has 0 radical (unpaired) electrons. The Morgan fingerprint density at radius 2 is 2.12 bits per heavy atom. The van der Waals surface area contributed by atoms with Crippen LogP contribution >= 0.6 is 11.6 Å². The Bertz CT molecular complexity index is 416. The van der Waals surface area contributed by atoms with Crippen LogP contribution in [0.4, 0.5) is 5.69 Å². The standard InChI is InChI=1S/C11H11ClN2O2/c1-8-6-11(13-7-15)14(16-8)10-4-2-9(12)3-5-10/h2-7,11H,1H3,(H,13,15). The van der Waals surface area contributed by atoms with Crippen molar-refractivity contribution in [3.63, 3.8) is 0 Å². The van der Waals surface area contributed by atoms with Crippen molar-refractivity contribution in [3.8, 4) is 0 Å². The molecule has 1 aromatic rings. The molecule has 0 spiro atoms. The van der Waals surface area contributed by atoms with Gasteiger partial charge in [0.25, 0.3) is 0 Å². The highest BCUT2D eigenvalue weighted by molar-refractivity contribution is 6.30. The molecule has 84 valence electrons. The summed E-state index contributed by atoms with van der Waals surface area (Å²) in [6.45, 7) is 1.83. The first-order chi connectivity index (χ1) is 7.70. The summed E-state index contributed by atoms with van der Waals surface area (Å²) in [6.07, 6.45) is 2.19. The minimum absolute atomic E-state index is 0.279. The molecule has 0 bridgehead atoms. The van der Waals surface area contributed by atoms with Crippen molar-refractivity contribution in [1.82, 2.24) is 5.32 Å². The van der Waals surface area contributed by atoms with E-state index in [1.165, 1.54) is 0 Å². The van der Waals surface area contributed by atoms with E-state index in [0.717, 1.165) is 11.4 Å². The number of amides is 1. The second-order valence-electron chi connectivity index (χ2n) is 3.40. The Labute approximate surface area is 98.4 Å². The van der Waals surface area contributed by atoms with Gasteiger partial charge < -0.3 is 10.2 Å². The van der Waals surface area contributed by atoms with Gasteiger partial charge >= 0.3 is 0 Å². The first-order valence-electron chi connectivity index (χ1n) is 4.81. The Morgan fingerprint density at radius 1 is 1.44 bits per heavy atom. The number of benzene rings is 1. The molecular formula is C11H11ClN2O2. The minimum atomic E-state index is -0.279. The lowest BCUT2D eigenvalue weighted by Gasteiger charge is -2.24. The number of nitrogens with zero attached hydrogens (tertiary/aromatic N) is 1. The average molecular weight is 239 g/mol. The average Bonchev–Trinajstić information content (AvgIpc) is 2.61. The Morgan fingerprint density at radius 3 is 2.75 bits per heavy atom. The molecule has 1 aromatic carbocycles. The molecule has 5 heteroatoms. The summed E-state index contributed by atoms with van der Waals surface area (Å²) >= 11 is 5.80. The third kappa shape index (κ3) is 2.12. The lowest BCUT2D eigenvalue weighted by molar-refractivity contribution is -0.110. The second kappa shape index (κ2) is 4.45. The largest absolute Gasteiger partial charge is 0.382 e. The predicted molar refractivity (Wildman–Crippen MR) is 61.8 cm³/mol. The van der Waals surface area contributed by atoms with Crippen molar-refractivity contribution in [3.05, 3.63) is 41.1 Å². The maximum atomic E-state index is 10.5. The van der Waals surface area contributed by atoms with Crippen LogP contribution in [0.1, 0.15) is 6.92 Å². The first-order valence-corrected chi connectivity index (χ1v) is 5.19. The fourth-order valence-electron chi connectivity index (χ4n) is 1.52. The number of hydrogen-bond donors (Lipinski definition) is 1. The van der Waals surface area contributed by atoms with Crippen molar-refractivity contribution in [2.45, 2.75) is 13.1 Å². The maximum Gasteiger partial charge on any atom is 0.209 e. The fourth-order valence-corrected chi connectivity index (χ4v) is 1.65. The Hall–Kier alpha value is -1.68. The van der Waals surface area contributed by atoms with Crippen LogP contribution in [0.2, 0.25) is 5.02 Å². The van der Waals surface area contributed by atoms with Crippen LogP contribution < -0.4 is 10.4 Å². The van der Waals surface area contributed by atoms with Gasteiger partial charge in [-0.2, -0.15) is 5.06 Å². The summed E-state index contributed by atoms with van der Waals surface area (Å²) in [6, 6.07) is 7.19. The number of carbonyl (C=O) groups excluding carboxylic acids is 1. The van der Waals surface area contributed by atoms with Crippen molar-refractivity contribution in [2.24, 2.45) is 0 Å². The Balaban J connectivity index is 2.21. The second-order valence-corrected chi connectivity index (χ2v) is 3.84. The third-order valence-corrected chi connectivity index (χ3v) is 2.46. The van der Waals surface area contributed by atoms with Gasteiger partial charge in [0.15, 0.2) is 6.17 Å². The molecule has 1 amide bonds. The fraction of sp³-hybridized carbons (Fsp3) is 0.182. The SMILES string of the molecule is CC1=CC(NC=O)N(c2ccc(Cl)cc2)O1. The summed E-state index contributed by atoms with van der Waals surface area (Å²) in [5.74, 6) is 0.745. The molecule has 16 heavy (non-hydrogen) atoms. The van der Waals surface area contributed by atoms with E-state index in [0.29, 0.717) is 11.4 Å². The van der Waals surface area contributed by atoms with E-state index in [2.05, 4.69) is 5.32 Å². The quantitative estimate of drug-likeness (QED) is 0.820. The molecule has 0 saturated carbocycles. The molecule has 0 aromatic heterocycles. The number of allylic oxidation sites excluding steroid dienone is 1. The van der Waals surface area contributed by atoms with Crippen LogP contribution in [-0.2, 0) is 9.63 Å². The van der Waals surface area contributed by atoms with Crippen molar-refractivity contribution in [2.75, 3.05) is 5.06 Å². The van der Waals surface area contributed by atoms with Crippen molar-refractivity contribution >= 4 is 23.7 Å². The van der Waals surface area contributed by atoms with Gasteiger partial charge in [0.2, 0.25) is 6.41 Å². The van der Waals surface area contributed by atoms with E-state index in [1.54, 1.807) is 17.2 Å². The van der Waals surface area contributed by atoms with E-state index in [-0.39, 0.29) is 6.17 Å². The topological polar surface area (TPSA) is 41.6 Å². The van der Waals surface area contributed by atoms with Crippen LogP contribution in [-0.4, -0.2) is 12.6 Å². The van der Waals surface area contributed by atoms with Gasteiger partial charge in [0.05, 0.1) is 5.69 Å². The van der Waals surface area contributed by atoms with Gasteiger partial charge in [0.1, 0.15) is 5.76 Å². The lowest BCUT2D eigenvalue weighted by atomic mass is 10.3. The van der Waals surface area contributed by atoms with Gasteiger partial charge in [-0.15, -0.1) is 0 Å². The zero-order valence-electron chi connectivity index (χ0n) is 8.68. The van der Waals surface area contributed by atoms with Crippen molar-refractivity contribution < 1.29 is 9.63 Å². The van der Waals surface area contributed by atoms with Gasteiger partial charge in [-0.25, -0.2) is 0 Å². The molecule has 0 fully saturated rings. The third-order valence-electron chi connectivity index (χ3n) is 2.21. The Kier molecular flexibility index (Phi) is 3.01. The van der Waals surface area contributed by atoms with E-state index < -0.39 is 0 Å². The zero-order chi connectivity index (χ0) is 11.5. The smallest absolute Gasteiger partial charge is 0.209 e. The van der Waals surface area contributed by atoms with Gasteiger partial charge in [-0.05, 0) is 31.2 Å². The molecule has 1 N–H and O–H groups in total. The predicted octanol–water partition coefficient (Wildman–Crippen LogP) is 2.07. The van der Waals surface area contributed by atoms with E-state index in [1.807, 2.05) is 25.1 Å². The van der Waals surface area contributed by atoms with Crippen LogP contribution in [0, 0.1) is 0 Å². The van der Waals surface area contributed by atoms with Crippen LogP contribution in [0.25, 0.3) is 0 Å². The number of hydrogen-bond acceptors (Lipinski definition) is 3. The number of nitrogens with one attached hydrogen (secondary N) is 1. The molecule has 1 heterocycles. The monoisotopic (exact) mass is 238 g/mol. The highest BCUT2D eigenvalue weighted by atomic mass is 35.5. The molecule has 1 atom stereocenters. The summed E-state index contributed by atoms with van der Waals surface area (Å²) in [4.78, 5) is 15.9. The molecular weight excluding hydrogens is 228 g/mol. The minimum Gasteiger partial charge on any atom is -0.382 e. The highest BCUT2D eigenvalue weighted by Gasteiger charge is 2.24. The summed E-state index contributed by atoms with van der Waals surface area (Å²) < 4.78 is 0. The normalized spacial score (nSPS) is 19.0. The highest BCUT2D eigenvalue weighted by Crippen LogP contribution is 2.25. The van der Waals surface area contributed by atoms with Gasteiger partial charge in [0, 0.05) is 11.1 Å². The molecule has 1 aliphatic heterocycles. The van der Waals surface area contributed by atoms with Crippen molar-refractivity contribution in [1.29, 1.82) is 0 Å².